The van der Waals surface area contributed by atoms with Crippen LogP contribution in [0.25, 0.3) is 0 Å². The predicted octanol–water partition coefficient (Wildman–Crippen LogP) is 2.93. The summed E-state index contributed by atoms with van der Waals surface area (Å²) in [4.78, 5) is 0. The van der Waals surface area contributed by atoms with E-state index in [-0.39, 0.29) is 0 Å². The Kier molecular flexibility index (Phi) is 5.85. The van der Waals surface area contributed by atoms with Crippen molar-refractivity contribution in [3.8, 4) is 0 Å². The Morgan fingerprint density at radius 2 is 2.00 bits per heavy atom. The molecule has 92 valence electrons. The third-order valence-corrected chi connectivity index (χ3v) is 3.31. The van der Waals surface area contributed by atoms with Gasteiger partial charge in [0.15, 0.2) is 0 Å². The molecule has 0 fully saturated rings. The van der Waals surface area contributed by atoms with E-state index in [9.17, 15) is 0 Å². The Balaban J connectivity index is 2.24. The summed E-state index contributed by atoms with van der Waals surface area (Å²) in [6.07, 6.45) is 3.65. The third-order valence-electron chi connectivity index (χ3n) is 2.77. The largest absolute Gasteiger partial charge is 0.317 e. The van der Waals surface area contributed by atoms with E-state index < -0.39 is 0 Å². The second kappa shape index (κ2) is 6.92. The van der Waals surface area contributed by atoms with Crippen LogP contribution in [-0.4, -0.2) is 22.9 Å². The first kappa shape index (κ1) is 13.5. The van der Waals surface area contributed by atoms with Crippen LogP contribution in [0, 0.1) is 13.8 Å². The Hall–Kier alpha value is -0.540. The van der Waals surface area contributed by atoms with E-state index in [1.165, 1.54) is 19.3 Å². The second-order valence-corrected chi connectivity index (χ2v) is 4.50. The number of aromatic nitrogens is 2. The molecule has 0 atom stereocenters. The van der Waals surface area contributed by atoms with Crippen LogP contribution < -0.4 is 5.32 Å². The van der Waals surface area contributed by atoms with Crippen molar-refractivity contribution >= 4 is 11.6 Å². The molecule has 0 spiro atoms. The average molecular weight is 244 g/mol. The van der Waals surface area contributed by atoms with Crippen molar-refractivity contribution < 1.29 is 0 Å². The number of hydrogen-bond acceptors (Lipinski definition) is 2. The summed E-state index contributed by atoms with van der Waals surface area (Å²) < 4.78 is 2.02. The van der Waals surface area contributed by atoms with Crippen LogP contribution in [0.4, 0.5) is 0 Å². The highest BCUT2D eigenvalue weighted by Crippen LogP contribution is 2.19. The molecule has 0 aliphatic rings. The summed E-state index contributed by atoms with van der Waals surface area (Å²) in [6, 6.07) is 0. The van der Waals surface area contributed by atoms with E-state index in [4.69, 9.17) is 11.6 Å². The molecule has 1 aromatic rings. The fourth-order valence-electron chi connectivity index (χ4n) is 1.76. The molecule has 1 aromatic heterocycles. The van der Waals surface area contributed by atoms with Crippen LogP contribution >= 0.6 is 11.6 Å². The monoisotopic (exact) mass is 243 g/mol. The van der Waals surface area contributed by atoms with Gasteiger partial charge in [-0.25, -0.2) is 0 Å². The molecule has 0 unspecified atom stereocenters. The maximum Gasteiger partial charge on any atom is 0.0844 e. The standard InChI is InChI=1S/C12H22ClN3/c1-4-14-8-6-5-7-9-16-11(3)12(13)10(2)15-16/h14H,4-9H2,1-3H3. The molecule has 1 N–H and O–H groups in total. The Morgan fingerprint density at radius 3 is 2.56 bits per heavy atom. The first-order valence-corrected chi connectivity index (χ1v) is 6.44. The summed E-state index contributed by atoms with van der Waals surface area (Å²) >= 11 is 6.09. The highest BCUT2D eigenvalue weighted by atomic mass is 35.5. The lowest BCUT2D eigenvalue weighted by Crippen LogP contribution is -2.14. The van der Waals surface area contributed by atoms with Crippen LogP contribution in [0.15, 0.2) is 0 Å². The van der Waals surface area contributed by atoms with Crippen LogP contribution in [0.1, 0.15) is 37.6 Å². The zero-order valence-corrected chi connectivity index (χ0v) is 11.3. The maximum absolute atomic E-state index is 6.09. The minimum absolute atomic E-state index is 0.813. The maximum atomic E-state index is 6.09. The number of hydrogen-bond donors (Lipinski definition) is 1. The minimum Gasteiger partial charge on any atom is -0.317 e. The van der Waals surface area contributed by atoms with Gasteiger partial charge in [0.05, 0.1) is 16.4 Å². The van der Waals surface area contributed by atoms with E-state index in [0.29, 0.717) is 0 Å². The third kappa shape index (κ3) is 3.80. The highest BCUT2D eigenvalue weighted by molar-refractivity contribution is 6.31. The van der Waals surface area contributed by atoms with E-state index in [1.54, 1.807) is 0 Å². The Labute approximate surface area is 103 Å². The number of halogens is 1. The molecule has 0 aliphatic heterocycles. The van der Waals surface area contributed by atoms with Gasteiger partial charge < -0.3 is 5.32 Å². The van der Waals surface area contributed by atoms with Crippen molar-refractivity contribution in [3.05, 3.63) is 16.4 Å². The highest BCUT2D eigenvalue weighted by Gasteiger charge is 2.07. The van der Waals surface area contributed by atoms with Gasteiger partial charge in [-0.15, -0.1) is 0 Å². The molecule has 0 bridgehead atoms. The first-order chi connectivity index (χ1) is 7.66. The van der Waals surface area contributed by atoms with Gasteiger partial charge in [-0.3, -0.25) is 4.68 Å². The SMILES string of the molecule is CCNCCCCCn1nc(C)c(Cl)c1C. The van der Waals surface area contributed by atoms with Gasteiger partial charge >= 0.3 is 0 Å². The van der Waals surface area contributed by atoms with E-state index in [1.807, 2.05) is 18.5 Å². The van der Waals surface area contributed by atoms with Gasteiger partial charge in [0.2, 0.25) is 0 Å². The fourth-order valence-corrected chi connectivity index (χ4v) is 1.89. The van der Waals surface area contributed by atoms with E-state index in [2.05, 4.69) is 17.3 Å². The zero-order valence-electron chi connectivity index (χ0n) is 10.5. The molecule has 1 rings (SSSR count). The Morgan fingerprint density at radius 1 is 1.25 bits per heavy atom. The number of nitrogens with one attached hydrogen (secondary N) is 1. The van der Waals surface area contributed by atoms with Crippen LogP contribution in [0.5, 0.6) is 0 Å². The lowest BCUT2D eigenvalue weighted by Gasteiger charge is -2.04. The Bertz CT molecular complexity index is 320. The van der Waals surface area contributed by atoms with E-state index >= 15 is 0 Å². The molecule has 16 heavy (non-hydrogen) atoms. The average Bonchev–Trinajstić information content (AvgIpc) is 2.51. The molecule has 4 heteroatoms. The number of aryl methyl sites for hydroxylation is 2. The molecule has 0 saturated heterocycles. The molecular formula is C12H22ClN3. The normalized spacial score (nSPS) is 11.0. The first-order valence-electron chi connectivity index (χ1n) is 6.07. The summed E-state index contributed by atoms with van der Waals surface area (Å²) in [7, 11) is 0. The topological polar surface area (TPSA) is 29.9 Å². The van der Waals surface area contributed by atoms with Gasteiger partial charge in [0.25, 0.3) is 0 Å². The van der Waals surface area contributed by atoms with Crippen LogP contribution in [-0.2, 0) is 6.54 Å². The van der Waals surface area contributed by atoms with Crippen molar-refractivity contribution in [3.63, 3.8) is 0 Å². The van der Waals surface area contributed by atoms with Crippen molar-refractivity contribution in [1.29, 1.82) is 0 Å². The van der Waals surface area contributed by atoms with Gasteiger partial charge in [0.1, 0.15) is 0 Å². The van der Waals surface area contributed by atoms with Crippen molar-refractivity contribution in [2.45, 2.75) is 46.6 Å². The zero-order chi connectivity index (χ0) is 12.0. The molecule has 3 nitrogen and oxygen atoms in total. The van der Waals surface area contributed by atoms with Crippen LogP contribution in [0.3, 0.4) is 0 Å². The fraction of sp³-hybridized carbons (Fsp3) is 0.750. The molecule has 1 heterocycles. The number of nitrogens with zero attached hydrogens (tertiary/aromatic N) is 2. The molecular weight excluding hydrogens is 222 g/mol. The molecule has 0 radical (unpaired) electrons. The van der Waals surface area contributed by atoms with Gasteiger partial charge in [-0.1, -0.05) is 24.9 Å². The smallest absolute Gasteiger partial charge is 0.0844 e. The molecule has 0 aromatic carbocycles. The van der Waals surface area contributed by atoms with Crippen LogP contribution in [0.2, 0.25) is 5.02 Å². The summed E-state index contributed by atoms with van der Waals surface area (Å²) in [5.74, 6) is 0. The number of rotatable bonds is 7. The van der Waals surface area contributed by atoms with Gasteiger partial charge in [0, 0.05) is 6.54 Å². The number of unbranched alkanes of at least 4 members (excludes halogenated alkanes) is 2. The van der Waals surface area contributed by atoms with Crippen molar-refractivity contribution in [1.82, 2.24) is 15.1 Å². The molecule has 0 amide bonds. The second-order valence-electron chi connectivity index (χ2n) is 4.12. The summed E-state index contributed by atoms with van der Waals surface area (Å²) in [6.45, 7) is 9.28. The summed E-state index contributed by atoms with van der Waals surface area (Å²) in [5, 5.41) is 8.55. The van der Waals surface area contributed by atoms with Gasteiger partial charge in [-0.05, 0) is 39.8 Å². The molecule has 0 aliphatic carbocycles. The van der Waals surface area contributed by atoms with Gasteiger partial charge in [-0.2, -0.15) is 5.10 Å². The van der Waals surface area contributed by atoms with E-state index in [0.717, 1.165) is 36.0 Å². The molecule has 0 saturated carbocycles. The minimum atomic E-state index is 0.813. The lowest BCUT2D eigenvalue weighted by atomic mass is 10.2. The van der Waals surface area contributed by atoms with Crippen molar-refractivity contribution in [2.75, 3.05) is 13.1 Å². The predicted molar refractivity (Wildman–Crippen MR) is 69.1 cm³/mol. The van der Waals surface area contributed by atoms with Crippen molar-refractivity contribution in [2.24, 2.45) is 0 Å². The lowest BCUT2D eigenvalue weighted by molar-refractivity contribution is 0.522. The summed E-state index contributed by atoms with van der Waals surface area (Å²) in [5.41, 5.74) is 2.03. The quantitative estimate of drug-likeness (QED) is 0.747.